The summed E-state index contributed by atoms with van der Waals surface area (Å²) in [6.45, 7) is 1.85. The van der Waals surface area contributed by atoms with Crippen molar-refractivity contribution >= 4 is 5.78 Å². The fourth-order valence-corrected chi connectivity index (χ4v) is 2.07. The molecule has 3 heteroatoms. The van der Waals surface area contributed by atoms with Crippen LogP contribution in [0.3, 0.4) is 0 Å². The SMILES string of the molecule is COc1ccc(CC(=O)c2ccc(C#N)cc2C)cc1. The Hall–Kier alpha value is -2.60. The number of rotatable bonds is 4. The Morgan fingerprint density at radius 1 is 1.20 bits per heavy atom. The normalized spacial score (nSPS) is 9.85. The average Bonchev–Trinajstić information content (AvgIpc) is 2.47. The molecule has 0 aliphatic rings. The van der Waals surface area contributed by atoms with Gasteiger partial charge in [0, 0.05) is 12.0 Å². The maximum absolute atomic E-state index is 12.3. The first-order valence-corrected chi connectivity index (χ1v) is 6.31. The Labute approximate surface area is 118 Å². The molecule has 0 saturated heterocycles. The van der Waals surface area contributed by atoms with Crippen molar-refractivity contribution in [1.29, 1.82) is 5.26 Å². The zero-order valence-electron chi connectivity index (χ0n) is 11.5. The first-order chi connectivity index (χ1) is 9.63. The third-order valence-electron chi connectivity index (χ3n) is 3.18. The van der Waals surface area contributed by atoms with Gasteiger partial charge in [-0.05, 0) is 48.4 Å². The molecule has 3 nitrogen and oxygen atoms in total. The number of hydrogen-bond donors (Lipinski definition) is 0. The topological polar surface area (TPSA) is 50.1 Å². The summed E-state index contributed by atoms with van der Waals surface area (Å²) in [6, 6.07) is 14.7. The quantitative estimate of drug-likeness (QED) is 0.797. The van der Waals surface area contributed by atoms with Gasteiger partial charge in [0.05, 0.1) is 18.7 Å². The summed E-state index contributed by atoms with van der Waals surface area (Å²) in [6.07, 6.45) is 0.344. The van der Waals surface area contributed by atoms with Gasteiger partial charge in [-0.3, -0.25) is 4.79 Å². The number of carbonyl (C=O) groups excluding carboxylic acids is 1. The van der Waals surface area contributed by atoms with Gasteiger partial charge in [-0.1, -0.05) is 12.1 Å². The Balaban J connectivity index is 2.17. The highest BCUT2D eigenvalue weighted by atomic mass is 16.5. The molecule has 0 aliphatic carbocycles. The van der Waals surface area contributed by atoms with E-state index in [1.54, 1.807) is 25.3 Å². The van der Waals surface area contributed by atoms with Crippen molar-refractivity contribution in [2.75, 3.05) is 7.11 Å². The van der Waals surface area contributed by atoms with Gasteiger partial charge in [0.25, 0.3) is 0 Å². The lowest BCUT2D eigenvalue weighted by Crippen LogP contribution is -2.05. The van der Waals surface area contributed by atoms with Crippen molar-refractivity contribution in [3.8, 4) is 11.8 Å². The molecular weight excluding hydrogens is 250 g/mol. The third-order valence-corrected chi connectivity index (χ3v) is 3.18. The van der Waals surface area contributed by atoms with Gasteiger partial charge < -0.3 is 4.74 Å². The van der Waals surface area contributed by atoms with Crippen molar-refractivity contribution in [1.82, 2.24) is 0 Å². The smallest absolute Gasteiger partial charge is 0.167 e. The largest absolute Gasteiger partial charge is 0.497 e. The van der Waals surface area contributed by atoms with Crippen molar-refractivity contribution in [3.05, 3.63) is 64.7 Å². The van der Waals surface area contributed by atoms with Crippen molar-refractivity contribution in [2.45, 2.75) is 13.3 Å². The van der Waals surface area contributed by atoms with Crippen LogP contribution in [0.15, 0.2) is 42.5 Å². The number of ether oxygens (including phenoxy) is 1. The fourth-order valence-electron chi connectivity index (χ4n) is 2.07. The molecule has 0 bridgehead atoms. The van der Waals surface area contributed by atoms with Crippen LogP contribution in [0.5, 0.6) is 5.75 Å². The molecule has 0 heterocycles. The first kappa shape index (κ1) is 13.8. The molecule has 0 amide bonds. The molecule has 0 fully saturated rings. The number of aryl methyl sites for hydroxylation is 1. The van der Waals surface area contributed by atoms with Crippen LogP contribution in [-0.4, -0.2) is 12.9 Å². The van der Waals surface area contributed by atoms with Gasteiger partial charge in [-0.25, -0.2) is 0 Å². The van der Waals surface area contributed by atoms with E-state index in [1.165, 1.54) is 0 Å². The molecule has 2 aromatic rings. The lowest BCUT2D eigenvalue weighted by atomic mass is 9.98. The highest BCUT2D eigenvalue weighted by Crippen LogP contribution is 2.16. The maximum Gasteiger partial charge on any atom is 0.167 e. The van der Waals surface area contributed by atoms with Crippen molar-refractivity contribution in [3.63, 3.8) is 0 Å². The van der Waals surface area contributed by atoms with E-state index in [0.717, 1.165) is 16.9 Å². The summed E-state index contributed by atoms with van der Waals surface area (Å²) in [7, 11) is 1.61. The zero-order chi connectivity index (χ0) is 14.5. The Morgan fingerprint density at radius 2 is 1.90 bits per heavy atom. The molecule has 0 N–H and O–H groups in total. The van der Waals surface area contributed by atoms with E-state index in [2.05, 4.69) is 6.07 Å². The first-order valence-electron chi connectivity index (χ1n) is 6.31. The summed E-state index contributed by atoms with van der Waals surface area (Å²) in [5.41, 5.74) is 3.02. The summed E-state index contributed by atoms with van der Waals surface area (Å²) < 4.78 is 5.09. The van der Waals surface area contributed by atoms with Crippen LogP contribution >= 0.6 is 0 Å². The fraction of sp³-hybridized carbons (Fsp3) is 0.176. The van der Waals surface area contributed by atoms with Crippen molar-refractivity contribution < 1.29 is 9.53 Å². The Kier molecular flexibility index (Phi) is 4.17. The predicted octanol–water partition coefficient (Wildman–Crippen LogP) is 3.30. The second-order valence-corrected chi connectivity index (χ2v) is 4.59. The lowest BCUT2D eigenvalue weighted by molar-refractivity contribution is 0.0992. The summed E-state index contributed by atoms with van der Waals surface area (Å²) >= 11 is 0. The number of hydrogen-bond acceptors (Lipinski definition) is 3. The van der Waals surface area contributed by atoms with Crippen LogP contribution in [-0.2, 0) is 6.42 Å². The molecule has 0 atom stereocenters. The van der Waals surface area contributed by atoms with Crippen molar-refractivity contribution in [2.24, 2.45) is 0 Å². The summed E-state index contributed by atoms with van der Waals surface area (Å²) in [5.74, 6) is 0.827. The molecular formula is C17H15NO2. The summed E-state index contributed by atoms with van der Waals surface area (Å²) in [4.78, 5) is 12.3. The Morgan fingerprint density at radius 3 is 2.45 bits per heavy atom. The number of Topliss-reactive ketones (excluding diaryl/α,β-unsaturated/α-hetero) is 1. The lowest BCUT2D eigenvalue weighted by Gasteiger charge is -2.06. The molecule has 0 aliphatic heterocycles. The number of nitriles is 1. The molecule has 100 valence electrons. The molecule has 20 heavy (non-hydrogen) atoms. The van der Waals surface area contributed by atoms with Gasteiger partial charge >= 0.3 is 0 Å². The molecule has 0 aromatic heterocycles. The standard InChI is InChI=1S/C17H15NO2/c1-12-9-14(11-18)5-8-16(12)17(19)10-13-3-6-15(20-2)7-4-13/h3-9H,10H2,1-2H3. The minimum absolute atomic E-state index is 0.0529. The molecule has 0 saturated carbocycles. The zero-order valence-corrected chi connectivity index (χ0v) is 11.5. The van der Waals surface area contributed by atoms with Crippen LogP contribution in [0.2, 0.25) is 0 Å². The minimum Gasteiger partial charge on any atom is -0.497 e. The summed E-state index contributed by atoms with van der Waals surface area (Å²) in [5, 5.41) is 8.83. The van der Waals surface area contributed by atoms with Crippen LogP contribution in [0.4, 0.5) is 0 Å². The Bertz CT molecular complexity index is 666. The van der Waals surface area contributed by atoms with Crippen LogP contribution < -0.4 is 4.74 Å². The number of benzene rings is 2. The van der Waals surface area contributed by atoms with Gasteiger partial charge in [0.2, 0.25) is 0 Å². The van der Waals surface area contributed by atoms with E-state index in [1.807, 2.05) is 31.2 Å². The second kappa shape index (κ2) is 6.03. The van der Waals surface area contributed by atoms with E-state index in [0.29, 0.717) is 17.5 Å². The van der Waals surface area contributed by atoms with E-state index < -0.39 is 0 Å². The van der Waals surface area contributed by atoms with Gasteiger partial charge in [0.15, 0.2) is 5.78 Å². The monoisotopic (exact) mass is 265 g/mol. The highest BCUT2D eigenvalue weighted by Gasteiger charge is 2.10. The highest BCUT2D eigenvalue weighted by molar-refractivity contribution is 5.98. The second-order valence-electron chi connectivity index (χ2n) is 4.59. The number of nitrogens with zero attached hydrogens (tertiary/aromatic N) is 1. The number of ketones is 1. The molecule has 2 aromatic carbocycles. The molecule has 2 rings (SSSR count). The van der Waals surface area contributed by atoms with E-state index >= 15 is 0 Å². The van der Waals surface area contributed by atoms with Gasteiger partial charge in [-0.15, -0.1) is 0 Å². The van der Waals surface area contributed by atoms with Crippen LogP contribution in [0.1, 0.15) is 27.0 Å². The maximum atomic E-state index is 12.3. The van der Waals surface area contributed by atoms with Crippen LogP contribution in [0, 0.1) is 18.3 Å². The average molecular weight is 265 g/mol. The predicted molar refractivity (Wildman–Crippen MR) is 76.9 cm³/mol. The van der Waals surface area contributed by atoms with E-state index in [4.69, 9.17) is 10.00 Å². The third kappa shape index (κ3) is 3.04. The molecule has 0 radical (unpaired) electrons. The molecule has 0 spiro atoms. The minimum atomic E-state index is 0.0529. The number of methoxy groups -OCH3 is 1. The molecule has 0 unspecified atom stereocenters. The van der Waals surface area contributed by atoms with Crippen LogP contribution in [0.25, 0.3) is 0 Å². The van der Waals surface area contributed by atoms with E-state index in [9.17, 15) is 4.79 Å². The van der Waals surface area contributed by atoms with E-state index in [-0.39, 0.29) is 5.78 Å². The van der Waals surface area contributed by atoms with Gasteiger partial charge in [0.1, 0.15) is 5.75 Å². The number of carbonyl (C=O) groups is 1. The van der Waals surface area contributed by atoms with Gasteiger partial charge in [-0.2, -0.15) is 5.26 Å².